The Morgan fingerprint density at radius 3 is 2.82 bits per heavy atom. The van der Waals surface area contributed by atoms with E-state index in [4.69, 9.17) is 5.21 Å². The molecule has 22 heavy (non-hydrogen) atoms. The summed E-state index contributed by atoms with van der Waals surface area (Å²) in [6, 6.07) is 6.07. The fraction of sp³-hybridized carbons (Fsp3) is 0.500. The Morgan fingerprint density at radius 2 is 2.14 bits per heavy atom. The van der Waals surface area contributed by atoms with E-state index in [9.17, 15) is 4.79 Å². The van der Waals surface area contributed by atoms with E-state index in [1.54, 1.807) is 5.48 Å². The number of carbonyl (C=O) groups excluding carboxylic acids is 1. The average molecular weight is 304 g/mol. The van der Waals surface area contributed by atoms with E-state index < -0.39 is 5.91 Å². The Morgan fingerprint density at radius 1 is 1.32 bits per heavy atom. The van der Waals surface area contributed by atoms with Crippen LogP contribution in [-0.2, 0) is 17.6 Å². The highest BCUT2D eigenvalue weighted by molar-refractivity contribution is 5.79. The number of amides is 1. The first-order valence-corrected chi connectivity index (χ1v) is 7.87. The number of fused-ring (bicyclic) bond motifs is 1. The molecule has 120 valence electrons. The maximum atomic E-state index is 11.2. The van der Waals surface area contributed by atoms with Crippen molar-refractivity contribution in [1.82, 2.24) is 14.9 Å². The molecule has 0 spiro atoms. The number of aryl methyl sites for hydroxylation is 2. The van der Waals surface area contributed by atoms with Crippen LogP contribution >= 0.6 is 0 Å². The van der Waals surface area contributed by atoms with Gasteiger partial charge in [-0.05, 0) is 31.4 Å². The van der Waals surface area contributed by atoms with Gasteiger partial charge >= 0.3 is 0 Å². The number of hydrogen-bond donors (Lipinski definition) is 3. The highest BCUT2D eigenvalue weighted by Gasteiger charge is 2.14. The molecule has 0 aromatic carbocycles. The van der Waals surface area contributed by atoms with E-state index >= 15 is 0 Å². The van der Waals surface area contributed by atoms with E-state index in [1.807, 2.05) is 12.1 Å². The molecule has 2 rings (SSSR count). The summed E-state index contributed by atoms with van der Waals surface area (Å²) in [4.78, 5) is 15.8. The van der Waals surface area contributed by atoms with E-state index in [-0.39, 0.29) is 6.54 Å². The summed E-state index contributed by atoms with van der Waals surface area (Å²) < 4.78 is 2.18. The number of carbonyl (C=O) groups is 1. The highest BCUT2D eigenvalue weighted by Crippen LogP contribution is 2.22. The zero-order chi connectivity index (χ0) is 15.9. The van der Waals surface area contributed by atoms with Gasteiger partial charge in [0.05, 0.1) is 12.2 Å². The van der Waals surface area contributed by atoms with Crippen LogP contribution in [0.3, 0.4) is 0 Å². The number of imidazole rings is 1. The number of nitrogens with zero attached hydrogens (tertiary/aromatic N) is 2. The molecule has 0 atom stereocenters. The van der Waals surface area contributed by atoms with Crippen LogP contribution in [0.15, 0.2) is 18.2 Å². The molecule has 2 heterocycles. The van der Waals surface area contributed by atoms with Crippen molar-refractivity contribution in [2.24, 2.45) is 0 Å². The molecule has 1 amide bonds. The van der Waals surface area contributed by atoms with Crippen LogP contribution in [0, 0.1) is 0 Å². The molecule has 0 aliphatic rings. The first-order valence-electron chi connectivity index (χ1n) is 7.87. The largest absolute Gasteiger partial charge is 0.359 e. The predicted octanol–water partition coefficient (Wildman–Crippen LogP) is 2.55. The highest BCUT2D eigenvalue weighted by atomic mass is 16.5. The molecule has 0 saturated heterocycles. The minimum Gasteiger partial charge on any atom is -0.359 e. The van der Waals surface area contributed by atoms with E-state index in [1.165, 1.54) is 5.69 Å². The van der Waals surface area contributed by atoms with Crippen LogP contribution in [0.2, 0.25) is 0 Å². The fourth-order valence-corrected chi connectivity index (χ4v) is 2.62. The molecule has 6 heteroatoms. The molecule has 0 bridgehead atoms. The lowest BCUT2D eigenvalue weighted by molar-refractivity contribution is -0.127. The number of hydroxylamine groups is 1. The molecule has 0 saturated carbocycles. The lowest BCUT2D eigenvalue weighted by Gasteiger charge is -2.09. The second-order valence-electron chi connectivity index (χ2n) is 5.32. The fourth-order valence-electron chi connectivity index (χ4n) is 2.62. The molecule has 0 unspecified atom stereocenters. The summed E-state index contributed by atoms with van der Waals surface area (Å²) in [5.41, 5.74) is 4.82. The number of nitrogens with one attached hydrogen (secondary N) is 2. The number of aromatic nitrogens is 2. The molecule has 0 radical (unpaired) electrons. The Labute approximate surface area is 130 Å². The molecular weight excluding hydrogens is 280 g/mol. The van der Waals surface area contributed by atoms with E-state index in [2.05, 4.69) is 34.6 Å². The summed E-state index contributed by atoms with van der Waals surface area (Å²) in [6.07, 6.45) is 5.24. The van der Waals surface area contributed by atoms with Gasteiger partial charge in [-0.3, -0.25) is 14.4 Å². The zero-order valence-electron chi connectivity index (χ0n) is 13.2. The normalized spacial score (nSPS) is 10.9. The number of unbranched alkanes of at least 4 members (excludes halogenated alkanes) is 2. The maximum absolute atomic E-state index is 11.2. The summed E-state index contributed by atoms with van der Waals surface area (Å²) in [5.74, 6) is 0.243. The van der Waals surface area contributed by atoms with Crippen molar-refractivity contribution in [3.05, 3.63) is 29.6 Å². The number of hydrogen-bond acceptors (Lipinski definition) is 4. The van der Waals surface area contributed by atoms with Gasteiger partial charge in [-0.1, -0.05) is 32.8 Å². The molecule has 6 nitrogen and oxygen atoms in total. The monoisotopic (exact) mass is 304 g/mol. The third kappa shape index (κ3) is 3.57. The predicted molar refractivity (Wildman–Crippen MR) is 86.2 cm³/mol. The van der Waals surface area contributed by atoms with Crippen molar-refractivity contribution in [3.8, 4) is 0 Å². The van der Waals surface area contributed by atoms with Gasteiger partial charge in [-0.25, -0.2) is 10.5 Å². The molecular formula is C16H24N4O2. The Balaban J connectivity index is 2.35. The summed E-state index contributed by atoms with van der Waals surface area (Å²) in [6.45, 7) is 4.30. The number of pyridine rings is 1. The van der Waals surface area contributed by atoms with Crippen LogP contribution in [-0.4, -0.2) is 27.0 Å². The van der Waals surface area contributed by atoms with Gasteiger partial charge in [0.2, 0.25) is 0 Å². The van der Waals surface area contributed by atoms with Crippen LogP contribution in [0.5, 0.6) is 0 Å². The summed E-state index contributed by atoms with van der Waals surface area (Å²) in [7, 11) is 0. The van der Waals surface area contributed by atoms with Crippen LogP contribution in [0.4, 0.5) is 5.82 Å². The van der Waals surface area contributed by atoms with Crippen molar-refractivity contribution in [3.63, 3.8) is 0 Å². The second kappa shape index (κ2) is 7.79. The standard InChI is InChI=1S/C16H24N4O2/c1-3-5-6-9-13-16(17-11-15(21)19-22)18-14-10-7-8-12(4-2)20(13)14/h7-8,10,17,22H,3-6,9,11H2,1-2H3,(H,19,21). The first kappa shape index (κ1) is 16.3. The van der Waals surface area contributed by atoms with Crippen molar-refractivity contribution >= 4 is 17.4 Å². The first-order chi connectivity index (χ1) is 10.7. The van der Waals surface area contributed by atoms with Gasteiger partial charge in [-0.15, -0.1) is 0 Å². The van der Waals surface area contributed by atoms with Gasteiger partial charge in [0.1, 0.15) is 11.5 Å². The summed E-state index contributed by atoms with van der Waals surface area (Å²) >= 11 is 0. The quantitative estimate of drug-likeness (QED) is 0.398. The molecule has 0 aliphatic heterocycles. The van der Waals surface area contributed by atoms with Crippen molar-refractivity contribution in [2.45, 2.75) is 46.0 Å². The molecule has 0 fully saturated rings. The molecule has 2 aromatic rings. The topological polar surface area (TPSA) is 78.7 Å². The third-order valence-corrected chi connectivity index (χ3v) is 3.74. The third-order valence-electron chi connectivity index (χ3n) is 3.74. The molecule has 2 aromatic heterocycles. The minimum atomic E-state index is -0.479. The Kier molecular flexibility index (Phi) is 5.77. The smallest absolute Gasteiger partial charge is 0.262 e. The van der Waals surface area contributed by atoms with Gasteiger partial charge < -0.3 is 5.32 Å². The average Bonchev–Trinajstić information content (AvgIpc) is 2.90. The Bertz CT molecular complexity index is 636. The summed E-state index contributed by atoms with van der Waals surface area (Å²) in [5, 5.41) is 11.6. The van der Waals surface area contributed by atoms with Crippen molar-refractivity contribution < 1.29 is 10.0 Å². The van der Waals surface area contributed by atoms with Crippen LogP contribution in [0.1, 0.15) is 44.5 Å². The van der Waals surface area contributed by atoms with Gasteiger partial charge in [-0.2, -0.15) is 0 Å². The number of anilines is 1. The maximum Gasteiger partial charge on any atom is 0.262 e. The van der Waals surface area contributed by atoms with E-state index in [0.717, 1.165) is 49.3 Å². The second-order valence-corrected chi connectivity index (χ2v) is 5.32. The molecule has 0 aliphatic carbocycles. The van der Waals surface area contributed by atoms with Gasteiger partial charge in [0.25, 0.3) is 5.91 Å². The SMILES string of the molecule is CCCCCc1c(NCC(=O)NO)nc2cccc(CC)n12. The minimum absolute atomic E-state index is 0.00260. The van der Waals surface area contributed by atoms with E-state index in [0.29, 0.717) is 0 Å². The lowest BCUT2D eigenvalue weighted by Crippen LogP contribution is -2.27. The Hall–Kier alpha value is -2.08. The zero-order valence-corrected chi connectivity index (χ0v) is 13.2. The number of rotatable bonds is 8. The lowest BCUT2D eigenvalue weighted by atomic mass is 10.1. The van der Waals surface area contributed by atoms with Crippen molar-refractivity contribution in [1.29, 1.82) is 0 Å². The van der Waals surface area contributed by atoms with Crippen LogP contribution < -0.4 is 10.8 Å². The van der Waals surface area contributed by atoms with Crippen LogP contribution in [0.25, 0.3) is 5.65 Å². The van der Waals surface area contributed by atoms with Crippen molar-refractivity contribution in [2.75, 3.05) is 11.9 Å². The molecule has 3 N–H and O–H groups in total. The van der Waals surface area contributed by atoms with Gasteiger partial charge in [0, 0.05) is 5.69 Å². The van der Waals surface area contributed by atoms with Gasteiger partial charge in [0.15, 0.2) is 0 Å².